The van der Waals surface area contributed by atoms with Gasteiger partial charge in [0.15, 0.2) is 11.3 Å². The molecule has 0 aliphatic carbocycles. The predicted molar refractivity (Wildman–Crippen MR) is 92.4 cm³/mol. The van der Waals surface area contributed by atoms with E-state index in [-0.39, 0.29) is 5.69 Å². The number of nitrogens with zero attached hydrogens (tertiary/aromatic N) is 6. The Kier molecular flexibility index (Phi) is 3.88. The average Bonchev–Trinajstić information content (AvgIpc) is 3.35. The van der Waals surface area contributed by atoms with Crippen LogP contribution in [0.2, 0.25) is 0 Å². The van der Waals surface area contributed by atoms with Crippen molar-refractivity contribution in [2.24, 2.45) is 0 Å². The summed E-state index contributed by atoms with van der Waals surface area (Å²) in [4.78, 5) is 20.8. The van der Waals surface area contributed by atoms with E-state index in [1.807, 2.05) is 30.3 Å². The third kappa shape index (κ3) is 2.78. The van der Waals surface area contributed by atoms with Gasteiger partial charge in [0, 0.05) is 36.5 Å². The second-order valence-corrected chi connectivity index (χ2v) is 5.52. The Labute approximate surface area is 148 Å². The van der Waals surface area contributed by atoms with E-state index in [9.17, 15) is 10.1 Å². The third-order valence-corrected chi connectivity index (χ3v) is 3.89. The van der Waals surface area contributed by atoms with Crippen LogP contribution in [0, 0.1) is 11.3 Å². The minimum atomic E-state index is -0.850. The summed E-state index contributed by atoms with van der Waals surface area (Å²) in [5, 5.41) is 16.4. The first-order valence-corrected chi connectivity index (χ1v) is 7.84. The number of rotatable bonds is 4. The Balaban J connectivity index is 1.59. The number of benzene rings is 1. The van der Waals surface area contributed by atoms with Crippen molar-refractivity contribution in [3.05, 3.63) is 78.8 Å². The van der Waals surface area contributed by atoms with Gasteiger partial charge in [-0.1, -0.05) is 18.2 Å². The van der Waals surface area contributed by atoms with Crippen LogP contribution < -0.4 is 5.32 Å². The van der Waals surface area contributed by atoms with E-state index < -0.39 is 11.9 Å². The number of carbonyl (C=O) groups is 1. The largest absolute Gasteiger partial charge is 0.331 e. The number of hydrogen-bond donors (Lipinski definition) is 1. The molecule has 1 N–H and O–H groups in total. The number of nitriles is 1. The minimum Gasteiger partial charge on any atom is -0.331 e. The molecule has 3 aromatic heterocycles. The molecule has 1 atom stereocenters. The Morgan fingerprint density at radius 3 is 2.69 bits per heavy atom. The molecule has 1 amide bonds. The summed E-state index contributed by atoms with van der Waals surface area (Å²) < 4.78 is 3.34. The number of amides is 1. The van der Waals surface area contributed by atoms with Crippen molar-refractivity contribution in [3.8, 4) is 11.8 Å². The van der Waals surface area contributed by atoms with Crippen molar-refractivity contribution in [3.63, 3.8) is 0 Å². The van der Waals surface area contributed by atoms with Gasteiger partial charge in [-0.3, -0.25) is 4.79 Å². The molecule has 0 bridgehead atoms. The van der Waals surface area contributed by atoms with Gasteiger partial charge >= 0.3 is 0 Å². The first-order chi connectivity index (χ1) is 12.8. The Morgan fingerprint density at radius 2 is 1.92 bits per heavy atom. The molecule has 4 rings (SSSR count). The highest BCUT2D eigenvalue weighted by Crippen LogP contribution is 2.15. The van der Waals surface area contributed by atoms with Crippen LogP contribution in [0.3, 0.4) is 0 Å². The van der Waals surface area contributed by atoms with Gasteiger partial charge in [0.2, 0.25) is 0 Å². The van der Waals surface area contributed by atoms with E-state index >= 15 is 0 Å². The molecule has 3 heterocycles. The molecular formula is C18H13N7O. The molecule has 0 fully saturated rings. The molecule has 126 valence electrons. The summed E-state index contributed by atoms with van der Waals surface area (Å²) in [5.74, 6) is -0.471. The lowest BCUT2D eigenvalue weighted by molar-refractivity contribution is 0.0941. The maximum absolute atomic E-state index is 12.6. The molecule has 0 unspecified atom stereocenters. The summed E-state index contributed by atoms with van der Waals surface area (Å²) in [6, 6.07) is 10.8. The quantitative estimate of drug-likeness (QED) is 0.610. The SMILES string of the molecule is N#C[C@H](NC(=O)c1nccn2ccnc12)c1cnn(-c2ccccc2)c1. The minimum absolute atomic E-state index is 0.160. The molecule has 0 radical (unpaired) electrons. The first kappa shape index (κ1) is 15.5. The second kappa shape index (κ2) is 6.49. The average molecular weight is 343 g/mol. The number of aromatic nitrogens is 5. The zero-order valence-electron chi connectivity index (χ0n) is 13.5. The molecule has 26 heavy (non-hydrogen) atoms. The van der Waals surface area contributed by atoms with Gasteiger partial charge in [-0.05, 0) is 12.1 Å². The van der Waals surface area contributed by atoms with Crippen molar-refractivity contribution in [1.82, 2.24) is 29.5 Å². The summed E-state index contributed by atoms with van der Waals surface area (Å²) in [7, 11) is 0. The van der Waals surface area contributed by atoms with E-state index in [1.54, 1.807) is 40.1 Å². The van der Waals surface area contributed by atoms with Crippen LogP contribution in [-0.4, -0.2) is 30.1 Å². The van der Waals surface area contributed by atoms with Crippen LogP contribution in [0.1, 0.15) is 22.1 Å². The Morgan fingerprint density at radius 1 is 1.15 bits per heavy atom. The molecule has 1 aromatic carbocycles. The molecule has 8 nitrogen and oxygen atoms in total. The Hall–Kier alpha value is -3.99. The van der Waals surface area contributed by atoms with Crippen LogP contribution in [0.25, 0.3) is 11.3 Å². The van der Waals surface area contributed by atoms with Crippen molar-refractivity contribution in [1.29, 1.82) is 5.26 Å². The van der Waals surface area contributed by atoms with Crippen LogP contribution in [0.5, 0.6) is 0 Å². The van der Waals surface area contributed by atoms with Crippen LogP contribution in [0.15, 0.2) is 67.5 Å². The molecule has 0 saturated carbocycles. The van der Waals surface area contributed by atoms with Gasteiger partial charge in [-0.25, -0.2) is 14.6 Å². The van der Waals surface area contributed by atoms with E-state index in [0.717, 1.165) is 5.69 Å². The number of hydrogen-bond acceptors (Lipinski definition) is 5. The maximum atomic E-state index is 12.6. The van der Waals surface area contributed by atoms with E-state index in [2.05, 4.69) is 26.5 Å². The normalized spacial score (nSPS) is 11.8. The fourth-order valence-corrected chi connectivity index (χ4v) is 2.61. The van der Waals surface area contributed by atoms with E-state index in [0.29, 0.717) is 11.2 Å². The number of carbonyl (C=O) groups excluding carboxylic acids is 1. The summed E-state index contributed by atoms with van der Waals surface area (Å²) >= 11 is 0. The zero-order chi connectivity index (χ0) is 17.9. The number of imidazole rings is 1. The highest BCUT2D eigenvalue weighted by Gasteiger charge is 2.20. The monoisotopic (exact) mass is 343 g/mol. The van der Waals surface area contributed by atoms with Gasteiger partial charge in [0.05, 0.1) is 18.0 Å². The third-order valence-electron chi connectivity index (χ3n) is 3.89. The molecule has 0 aliphatic heterocycles. The second-order valence-electron chi connectivity index (χ2n) is 5.52. The van der Waals surface area contributed by atoms with Crippen molar-refractivity contribution in [2.75, 3.05) is 0 Å². The van der Waals surface area contributed by atoms with E-state index in [1.165, 1.54) is 6.20 Å². The van der Waals surface area contributed by atoms with Gasteiger partial charge in [0.1, 0.15) is 6.04 Å². The first-order valence-electron chi connectivity index (χ1n) is 7.84. The molecule has 4 aromatic rings. The van der Waals surface area contributed by atoms with Crippen molar-refractivity contribution in [2.45, 2.75) is 6.04 Å². The fourth-order valence-electron chi connectivity index (χ4n) is 2.61. The summed E-state index contributed by atoms with van der Waals surface area (Å²) in [6.07, 6.45) is 9.79. The highest BCUT2D eigenvalue weighted by molar-refractivity contribution is 5.98. The molecule has 0 saturated heterocycles. The molecule has 0 spiro atoms. The molecule has 8 heteroatoms. The molecule has 0 aliphatic rings. The topological polar surface area (TPSA) is 101 Å². The summed E-state index contributed by atoms with van der Waals surface area (Å²) in [6.45, 7) is 0. The standard InChI is InChI=1S/C18H13N7O/c19-10-15(13-11-22-25(12-13)14-4-2-1-3-5-14)23-18(26)16-17-21-7-9-24(17)8-6-20-16/h1-9,11-12,15H,(H,23,26)/t15-/m0/s1. The van der Waals surface area contributed by atoms with E-state index in [4.69, 9.17) is 0 Å². The number of para-hydroxylation sites is 1. The Bertz CT molecular complexity index is 1110. The highest BCUT2D eigenvalue weighted by atomic mass is 16.2. The van der Waals surface area contributed by atoms with Crippen molar-refractivity contribution < 1.29 is 4.79 Å². The molecular weight excluding hydrogens is 330 g/mol. The maximum Gasteiger partial charge on any atom is 0.275 e. The smallest absolute Gasteiger partial charge is 0.275 e. The van der Waals surface area contributed by atoms with Crippen molar-refractivity contribution >= 4 is 11.6 Å². The van der Waals surface area contributed by atoms with Gasteiger partial charge in [-0.2, -0.15) is 10.4 Å². The lowest BCUT2D eigenvalue weighted by Crippen LogP contribution is -2.28. The summed E-state index contributed by atoms with van der Waals surface area (Å²) in [5.41, 5.74) is 2.04. The van der Waals surface area contributed by atoms with Gasteiger partial charge in [-0.15, -0.1) is 0 Å². The van der Waals surface area contributed by atoms with Crippen LogP contribution >= 0.6 is 0 Å². The fraction of sp³-hybridized carbons (Fsp3) is 0.0556. The van der Waals surface area contributed by atoms with Gasteiger partial charge < -0.3 is 9.72 Å². The van der Waals surface area contributed by atoms with Crippen LogP contribution in [0.4, 0.5) is 0 Å². The number of nitrogens with one attached hydrogen (secondary N) is 1. The lowest BCUT2D eigenvalue weighted by Gasteiger charge is -2.09. The van der Waals surface area contributed by atoms with Gasteiger partial charge in [0.25, 0.3) is 5.91 Å². The lowest BCUT2D eigenvalue weighted by atomic mass is 10.2. The number of fused-ring (bicyclic) bond motifs is 1. The predicted octanol–water partition coefficient (Wildman–Crippen LogP) is 1.91. The zero-order valence-corrected chi connectivity index (χ0v) is 13.5. The van der Waals surface area contributed by atoms with Crippen LogP contribution in [-0.2, 0) is 0 Å².